The van der Waals surface area contributed by atoms with Crippen LogP contribution >= 0.6 is 0 Å². The number of para-hydroxylation sites is 1. The molecular weight excluding hydrogens is 240 g/mol. The third-order valence-corrected chi connectivity index (χ3v) is 2.86. The van der Waals surface area contributed by atoms with Crippen LogP contribution in [0.5, 0.6) is 11.5 Å². The standard InChI is InChI=1S/C15H16N2O2/c1-10-8-12(6-7-13(10)15(16)17)19-14-5-3-2-4-11(14)9-18/h2-8,18H,9H2,1H3,(H3,16,17). The normalized spacial score (nSPS) is 10.2. The molecule has 0 atom stereocenters. The molecule has 4 nitrogen and oxygen atoms in total. The number of aryl methyl sites for hydroxylation is 1. The first-order chi connectivity index (χ1) is 9.11. The van der Waals surface area contributed by atoms with Gasteiger partial charge in [-0.3, -0.25) is 5.41 Å². The van der Waals surface area contributed by atoms with Gasteiger partial charge in [0, 0.05) is 11.1 Å². The van der Waals surface area contributed by atoms with Crippen molar-refractivity contribution in [3.8, 4) is 11.5 Å². The highest BCUT2D eigenvalue weighted by molar-refractivity contribution is 5.96. The van der Waals surface area contributed by atoms with Gasteiger partial charge in [-0.25, -0.2) is 0 Å². The number of aliphatic hydroxyl groups excluding tert-OH is 1. The lowest BCUT2D eigenvalue weighted by Gasteiger charge is -2.11. The molecule has 19 heavy (non-hydrogen) atoms. The Labute approximate surface area is 112 Å². The molecule has 0 aromatic heterocycles. The van der Waals surface area contributed by atoms with Crippen LogP contribution in [-0.2, 0) is 6.61 Å². The van der Waals surface area contributed by atoms with Crippen LogP contribution in [-0.4, -0.2) is 10.9 Å². The van der Waals surface area contributed by atoms with Gasteiger partial charge < -0.3 is 15.6 Å². The molecule has 2 aromatic rings. The van der Waals surface area contributed by atoms with Crippen molar-refractivity contribution >= 4 is 5.84 Å². The summed E-state index contributed by atoms with van der Waals surface area (Å²) in [5.74, 6) is 1.32. The number of nitrogens with two attached hydrogens (primary N) is 1. The zero-order chi connectivity index (χ0) is 13.8. The predicted octanol–water partition coefficient (Wildman–Crippen LogP) is 2.56. The summed E-state index contributed by atoms with van der Waals surface area (Å²) in [4.78, 5) is 0. The van der Waals surface area contributed by atoms with Gasteiger partial charge in [0.15, 0.2) is 0 Å². The van der Waals surface area contributed by atoms with E-state index in [9.17, 15) is 5.11 Å². The van der Waals surface area contributed by atoms with Gasteiger partial charge in [-0.1, -0.05) is 18.2 Å². The van der Waals surface area contributed by atoms with E-state index in [1.165, 1.54) is 0 Å². The van der Waals surface area contributed by atoms with Crippen molar-refractivity contribution < 1.29 is 9.84 Å². The Morgan fingerprint density at radius 1 is 1.26 bits per heavy atom. The van der Waals surface area contributed by atoms with E-state index < -0.39 is 0 Å². The fourth-order valence-electron chi connectivity index (χ4n) is 1.86. The molecule has 98 valence electrons. The zero-order valence-electron chi connectivity index (χ0n) is 10.7. The maximum absolute atomic E-state index is 9.24. The van der Waals surface area contributed by atoms with Crippen molar-refractivity contribution in [2.45, 2.75) is 13.5 Å². The first-order valence-corrected chi connectivity index (χ1v) is 5.93. The number of rotatable bonds is 4. The highest BCUT2D eigenvalue weighted by Gasteiger charge is 2.06. The number of ether oxygens (including phenoxy) is 1. The minimum absolute atomic E-state index is 0.0415. The molecule has 0 saturated heterocycles. The van der Waals surface area contributed by atoms with E-state index in [1.54, 1.807) is 18.2 Å². The van der Waals surface area contributed by atoms with Crippen LogP contribution in [0.4, 0.5) is 0 Å². The van der Waals surface area contributed by atoms with Gasteiger partial charge in [0.2, 0.25) is 0 Å². The molecule has 0 saturated carbocycles. The third-order valence-electron chi connectivity index (χ3n) is 2.86. The lowest BCUT2D eigenvalue weighted by Crippen LogP contribution is -2.12. The molecule has 0 aliphatic rings. The van der Waals surface area contributed by atoms with Crippen LogP contribution in [0.1, 0.15) is 16.7 Å². The van der Waals surface area contributed by atoms with E-state index >= 15 is 0 Å². The Morgan fingerprint density at radius 2 is 2.00 bits per heavy atom. The minimum atomic E-state index is -0.0688. The minimum Gasteiger partial charge on any atom is -0.457 e. The van der Waals surface area contributed by atoms with Crippen LogP contribution in [0.3, 0.4) is 0 Å². The van der Waals surface area contributed by atoms with Crippen LogP contribution < -0.4 is 10.5 Å². The average molecular weight is 256 g/mol. The third kappa shape index (κ3) is 2.92. The van der Waals surface area contributed by atoms with Crippen LogP contribution in [0.25, 0.3) is 0 Å². The van der Waals surface area contributed by atoms with Crippen molar-refractivity contribution in [3.63, 3.8) is 0 Å². The lowest BCUT2D eigenvalue weighted by molar-refractivity contribution is 0.276. The Morgan fingerprint density at radius 3 is 2.63 bits per heavy atom. The van der Waals surface area contributed by atoms with Gasteiger partial charge >= 0.3 is 0 Å². The van der Waals surface area contributed by atoms with Crippen LogP contribution in [0.2, 0.25) is 0 Å². The van der Waals surface area contributed by atoms with Gasteiger partial charge in [-0.2, -0.15) is 0 Å². The second kappa shape index (κ2) is 5.54. The number of nitrogen functional groups attached to an aromatic ring is 1. The summed E-state index contributed by atoms with van der Waals surface area (Å²) in [6.07, 6.45) is 0. The molecule has 0 radical (unpaired) electrons. The summed E-state index contributed by atoms with van der Waals surface area (Å²) in [5, 5.41) is 16.7. The van der Waals surface area contributed by atoms with E-state index in [0.717, 1.165) is 11.1 Å². The first kappa shape index (κ1) is 13.1. The van der Waals surface area contributed by atoms with Gasteiger partial charge in [0.25, 0.3) is 0 Å². The Hall–Kier alpha value is -2.33. The molecule has 0 fully saturated rings. The summed E-state index contributed by atoms with van der Waals surface area (Å²) in [6.45, 7) is 1.81. The number of benzene rings is 2. The molecule has 0 spiro atoms. The van der Waals surface area contributed by atoms with E-state index in [2.05, 4.69) is 0 Å². The van der Waals surface area contributed by atoms with Crippen LogP contribution in [0, 0.1) is 12.3 Å². The lowest BCUT2D eigenvalue weighted by atomic mass is 10.1. The predicted molar refractivity (Wildman–Crippen MR) is 74.6 cm³/mol. The highest BCUT2D eigenvalue weighted by atomic mass is 16.5. The fourth-order valence-corrected chi connectivity index (χ4v) is 1.86. The summed E-state index contributed by atoms with van der Waals surface area (Å²) >= 11 is 0. The quantitative estimate of drug-likeness (QED) is 0.581. The largest absolute Gasteiger partial charge is 0.457 e. The van der Waals surface area contributed by atoms with Crippen LogP contribution in [0.15, 0.2) is 42.5 Å². The SMILES string of the molecule is Cc1cc(Oc2ccccc2CO)ccc1C(=N)N. The molecule has 0 heterocycles. The molecule has 4 N–H and O–H groups in total. The molecular formula is C15H16N2O2. The number of nitrogens with one attached hydrogen (secondary N) is 1. The summed E-state index contributed by atoms with van der Waals surface area (Å²) in [7, 11) is 0. The molecule has 0 aliphatic carbocycles. The van der Waals surface area contributed by atoms with Crippen molar-refractivity contribution in [1.82, 2.24) is 0 Å². The van der Waals surface area contributed by atoms with E-state index in [0.29, 0.717) is 17.1 Å². The Balaban J connectivity index is 2.29. The highest BCUT2D eigenvalue weighted by Crippen LogP contribution is 2.26. The van der Waals surface area contributed by atoms with Gasteiger partial charge in [-0.05, 0) is 36.8 Å². The summed E-state index contributed by atoms with van der Waals surface area (Å²) in [6, 6.07) is 12.7. The van der Waals surface area contributed by atoms with Crippen molar-refractivity contribution in [2.24, 2.45) is 5.73 Å². The van der Waals surface area contributed by atoms with E-state index in [1.807, 2.05) is 31.2 Å². The number of aliphatic hydroxyl groups is 1. The fraction of sp³-hybridized carbons (Fsp3) is 0.133. The maximum Gasteiger partial charge on any atom is 0.132 e. The van der Waals surface area contributed by atoms with Gasteiger partial charge in [-0.15, -0.1) is 0 Å². The Bertz CT molecular complexity index is 609. The van der Waals surface area contributed by atoms with Crippen molar-refractivity contribution in [1.29, 1.82) is 5.41 Å². The molecule has 0 amide bonds. The maximum atomic E-state index is 9.24. The first-order valence-electron chi connectivity index (χ1n) is 5.93. The average Bonchev–Trinajstić information content (AvgIpc) is 2.39. The van der Waals surface area contributed by atoms with Gasteiger partial charge in [0.05, 0.1) is 6.61 Å². The number of hydrogen-bond acceptors (Lipinski definition) is 3. The number of hydrogen-bond donors (Lipinski definition) is 3. The summed E-state index contributed by atoms with van der Waals surface area (Å²) in [5.41, 5.74) is 7.78. The molecule has 2 rings (SSSR count). The monoisotopic (exact) mass is 256 g/mol. The second-order valence-electron chi connectivity index (χ2n) is 4.26. The van der Waals surface area contributed by atoms with Crippen molar-refractivity contribution in [2.75, 3.05) is 0 Å². The molecule has 0 aliphatic heterocycles. The number of amidine groups is 1. The van der Waals surface area contributed by atoms with Crippen molar-refractivity contribution in [3.05, 3.63) is 59.2 Å². The second-order valence-corrected chi connectivity index (χ2v) is 4.26. The molecule has 0 unspecified atom stereocenters. The molecule has 2 aromatic carbocycles. The Kier molecular flexibility index (Phi) is 3.82. The van der Waals surface area contributed by atoms with E-state index in [4.69, 9.17) is 15.9 Å². The summed E-state index contributed by atoms with van der Waals surface area (Å²) < 4.78 is 5.74. The molecule has 4 heteroatoms. The smallest absolute Gasteiger partial charge is 0.132 e. The zero-order valence-corrected chi connectivity index (χ0v) is 10.7. The van der Waals surface area contributed by atoms with Gasteiger partial charge in [0.1, 0.15) is 17.3 Å². The topological polar surface area (TPSA) is 79.3 Å². The van der Waals surface area contributed by atoms with E-state index in [-0.39, 0.29) is 12.4 Å². The molecule has 0 bridgehead atoms.